The Hall–Kier alpha value is -2.84. The van der Waals surface area contributed by atoms with Crippen LogP contribution in [0.5, 0.6) is 0 Å². The Labute approximate surface area is 310 Å². The highest BCUT2D eigenvalue weighted by molar-refractivity contribution is 5.74. The number of carbonyl (C=O) groups is 4. The fourth-order valence-electron chi connectivity index (χ4n) is 6.38. The average Bonchev–Trinajstić information content (AvgIpc) is 3.11. The maximum atomic E-state index is 12.4. The van der Waals surface area contributed by atoms with Gasteiger partial charge in [-0.25, -0.2) is 19.7 Å². The lowest BCUT2D eigenvalue weighted by Crippen LogP contribution is -2.70. The molecule has 4 aliphatic rings. The normalized spacial score (nSPS) is 44.8. The van der Waals surface area contributed by atoms with Gasteiger partial charge in [0.2, 0.25) is 18.1 Å². The molecule has 14 N–H and O–H groups in total. The van der Waals surface area contributed by atoms with Gasteiger partial charge in [0, 0.05) is 13.8 Å². The van der Waals surface area contributed by atoms with Crippen molar-refractivity contribution < 1.29 is 119 Å². The van der Waals surface area contributed by atoms with E-state index in [-0.39, 0.29) is 7.43 Å². The topological polar surface area (TPSA) is 409 Å². The predicted octanol–water partition coefficient (Wildman–Crippen LogP) is -8.14. The quantitative estimate of drug-likeness (QED) is 0.0607. The van der Waals surface area contributed by atoms with Crippen LogP contribution in [0, 0.1) is 0 Å². The summed E-state index contributed by atoms with van der Waals surface area (Å²) in [6, 6.07) is -3.34. The SMILES string of the molecule is C.CC(=O)NC1[C@H](O[C@@H]2C(C(=O)O)O[C@@H](O[C@H]3C(CO)O[C@@H](OO)C(NC(C)=O)[C@@H]3O)C(O)[C@@H]2O)OC(CO)[C@H](O[C@@H]2OC(C(=O)O)[C@@H](O)[C@@H](O)C2O)[C@H]1O. The van der Waals surface area contributed by atoms with Crippen LogP contribution in [0.3, 0.4) is 0 Å². The van der Waals surface area contributed by atoms with Crippen molar-refractivity contribution >= 4 is 23.8 Å². The Bertz CT molecular complexity index is 1310. The van der Waals surface area contributed by atoms with Gasteiger partial charge in [-0.1, -0.05) is 7.43 Å². The van der Waals surface area contributed by atoms with E-state index in [4.69, 9.17) is 33.2 Å². The van der Waals surface area contributed by atoms with Crippen LogP contribution >= 0.6 is 0 Å². The third-order valence-electron chi connectivity index (χ3n) is 9.02. The third kappa shape index (κ3) is 10.0. The number of amides is 2. The highest BCUT2D eigenvalue weighted by Gasteiger charge is 2.57. The van der Waals surface area contributed by atoms with E-state index < -0.39 is 160 Å². The molecule has 0 aliphatic carbocycles. The average molecular weight is 809 g/mol. The smallest absolute Gasteiger partial charge is 0.335 e. The molecule has 20 atom stereocenters. The number of hydrogen-bond donors (Lipinski definition) is 14. The van der Waals surface area contributed by atoms with E-state index in [1.807, 2.05) is 0 Å². The van der Waals surface area contributed by atoms with Crippen molar-refractivity contribution in [3.63, 3.8) is 0 Å². The monoisotopic (exact) mass is 808 g/mol. The van der Waals surface area contributed by atoms with Gasteiger partial charge in [-0.2, -0.15) is 0 Å². The summed E-state index contributed by atoms with van der Waals surface area (Å²) in [5, 5.41) is 128. The van der Waals surface area contributed by atoms with Gasteiger partial charge in [-0.3, -0.25) is 9.59 Å². The van der Waals surface area contributed by atoms with Gasteiger partial charge in [0.05, 0.1) is 13.2 Å². The molecule has 4 rings (SSSR count). The zero-order valence-electron chi connectivity index (χ0n) is 28.2. The number of rotatable bonds is 13. The minimum absolute atomic E-state index is 0. The molecular formula is C29H48N2O24. The van der Waals surface area contributed by atoms with E-state index in [1.54, 1.807) is 0 Å². The number of ether oxygens (including phenoxy) is 7. The van der Waals surface area contributed by atoms with Gasteiger partial charge in [0.25, 0.3) is 0 Å². The van der Waals surface area contributed by atoms with Crippen molar-refractivity contribution in [3.8, 4) is 0 Å². The predicted molar refractivity (Wildman–Crippen MR) is 166 cm³/mol. The van der Waals surface area contributed by atoms with Gasteiger partial charge >= 0.3 is 11.9 Å². The van der Waals surface area contributed by atoms with Crippen molar-refractivity contribution in [2.24, 2.45) is 0 Å². The molecule has 4 fully saturated rings. The van der Waals surface area contributed by atoms with E-state index in [0.717, 1.165) is 13.8 Å². The summed E-state index contributed by atoms with van der Waals surface area (Å²) in [6.45, 7) is 0.0431. The second-order valence-electron chi connectivity index (χ2n) is 12.8. The van der Waals surface area contributed by atoms with Gasteiger partial charge in [0.1, 0.15) is 85.3 Å². The second-order valence-corrected chi connectivity index (χ2v) is 12.8. The van der Waals surface area contributed by atoms with Crippen LogP contribution in [0.1, 0.15) is 21.3 Å². The summed E-state index contributed by atoms with van der Waals surface area (Å²) in [5.41, 5.74) is 0. The first kappa shape index (κ1) is 46.5. The number of aliphatic carboxylic acids is 2. The third-order valence-corrected chi connectivity index (χ3v) is 9.02. The van der Waals surface area contributed by atoms with Crippen LogP contribution in [0.15, 0.2) is 0 Å². The fraction of sp³-hybridized carbons (Fsp3) is 0.862. The van der Waals surface area contributed by atoms with Gasteiger partial charge < -0.3 is 100.0 Å². The largest absolute Gasteiger partial charge is 0.479 e. The molecular weight excluding hydrogens is 760 g/mol. The van der Waals surface area contributed by atoms with Crippen molar-refractivity contribution in [1.82, 2.24) is 10.6 Å². The van der Waals surface area contributed by atoms with Crippen LogP contribution in [0.25, 0.3) is 0 Å². The zero-order chi connectivity index (χ0) is 40.3. The Morgan fingerprint density at radius 2 is 0.927 bits per heavy atom. The molecule has 0 spiro atoms. The molecule has 8 unspecified atom stereocenters. The molecule has 0 saturated carbocycles. The lowest BCUT2D eigenvalue weighted by molar-refractivity contribution is -0.403. The summed E-state index contributed by atoms with van der Waals surface area (Å²) >= 11 is 0. The highest BCUT2D eigenvalue weighted by Crippen LogP contribution is 2.34. The van der Waals surface area contributed by atoms with Crippen LogP contribution in [0.2, 0.25) is 0 Å². The summed E-state index contributed by atoms with van der Waals surface area (Å²) in [7, 11) is 0. The molecule has 0 radical (unpaired) electrons. The molecule has 4 saturated heterocycles. The van der Waals surface area contributed by atoms with E-state index in [2.05, 4.69) is 15.5 Å². The summed E-state index contributed by atoms with van der Waals surface area (Å²) in [4.78, 5) is 52.0. The second kappa shape index (κ2) is 19.5. The first-order valence-corrected chi connectivity index (χ1v) is 16.2. The Morgan fingerprint density at radius 1 is 0.527 bits per heavy atom. The number of nitrogens with one attached hydrogen (secondary N) is 2. The van der Waals surface area contributed by atoms with Gasteiger partial charge in [-0.05, 0) is 0 Å². The molecule has 318 valence electrons. The number of carboxylic acids is 2. The van der Waals surface area contributed by atoms with Crippen molar-refractivity contribution in [1.29, 1.82) is 0 Å². The maximum absolute atomic E-state index is 12.4. The van der Waals surface area contributed by atoms with E-state index in [0.29, 0.717) is 0 Å². The van der Waals surface area contributed by atoms with Gasteiger partial charge in [-0.15, -0.1) is 0 Å². The maximum Gasteiger partial charge on any atom is 0.335 e. The minimum atomic E-state index is -2.29. The number of aliphatic hydroxyl groups excluding tert-OH is 9. The number of aliphatic hydroxyl groups is 9. The molecule has 4 aliphatic heterocycles. The van der Waals surface area contributed by atoms with Crippen LogP contribution in [-0.2, 0) is 57.2 Å². The summed E-state index contributed by atoms with van der Waals surface area (Å²) in [5.74, 6) is -5.22. The molecule has 0 aromatic heterocycles. The fourth-order valence-corrected chi connectivity index (χ4v) is 6.38. The van der Waals surface area contributed by atoms with Crippen LogP contribution in [-0.4, -0.2) is 221 Å². The molecule has 55 heavy (non-hydrogen) atoms. The molecule has 0 aromatic rings. The lowest BCUT2D eigenvalue weighted by Gasteiger charge is -2.49. The molecule has 26 nitrogen and oxygen atoms in total. The molecule has 2 amide bonds. The van der Waals surface area contributed by atoms with Crippen LogP contribution in [0.4, 0.5) is 0 Å². The Balaban J connectivity index is 0.00000812. The number of carboxylic acid groups (broad SMARTS) is 2. The Kier molecular flexibility index (Phi) is 16.5. The minimum Gasteiger partial charge on any atom is -0.479 e. The van der Waals surface area contributed by atoms with E-state index in [9.17, 15) is 80.6 Å². The van der Waals surface area contributed by atoms with E-state index in [1.165, 1.54) is 0 Å². The van der Waals surface area contributed by atoms with Crippen LogP contribution < -0.4 is 10.6 Å². The van der Waals surface area contributed by atoms with E-state index >= 15 is 0 Å². The summed E-state index contributed by atoms with van der Waals surface area (Å²) < 4.78 is 38.1. The van der Waals surface area contributed by atoms with Gasteiger partial charge in [0.15, 0.2) is 31.1 Å². The molecule has 4 heterocycles. The van der Waals surface area contributed by atoms with Crippen molar-refractivity contribution in [3.05, 3.63) is 0 Å². The highest BCUT2D eigenvalue weighted by atomic mass is 17.1. The lowest BCUT2D eigenvalue weighted by atomic mass is 9.94. The molecule has 0 bridgehead atoms. The number of hydrogen-bond acceptors (Lipinski definition) is 22. The standard InChI is InChI=1S/C28H44N2O24.CH4/c1-5(33)29-9-11(35)18(49-27-16(40)13(37)14(38)21(52-27)23(42)43)7(3-31)47-25(9)51-20-15(39)17(41)28(53-22(20)24(44)45)50-19-8(4-32)48-26(54-46)10(12(19)36)30-6(2)34;/h7-22,25-28,31-32,35-41,46H,3-4H2,1-2H3,(H,29,33)(H,30,34)(H,42,43)(H,44,45);1H4/t7?,8?,9?,10?,11-,12-,13+,14-,15-,16?,17?,18-,19-,20-,21?,22?,25-,26-,27+,28+;/m0./s1. The first-order chi connectivity index (χ1) is 25.4. The Morgan fingerprint density at radius 3 is 1.35 bits per heavy atom. The summed E-state index contributed by atoms with van der Waals surface area (Å²) in [6.07, 6.45) is -36.2. The van der Waals surface area contributed by atoms with Crippen molar-refractivity contribution in [2.45, 2.75) is 144 Å². The molecule has 0 aromatic carbocycles. The first-order valence-electron chi connectivity index (χ1n) is 16.2. The van der Waals surface area contributed by atoms with Crippen molar-refractivity contribution in [2.75, 3.05) is 13.2 Å². The zero-order valence-corrected chi connectivity index (χ0v) is 28.2. The number of carbonyl (C=O) groups excluding carboxylic acids is 2. The molecule has 26 heteroatoms.